The van der Waals surface area contributed by atoms with Crippen LogP contribution < -0.4 is 0 Å². The van der Waals surface area contributed by atoms with E-state index in [9.17, 15) is 15.2 Å². The standard InChI is InChI=1S/C13H12N2O3/c16-13(10-4-2-1-3-5-10)8-11-6-7-12(9-14-11)15(17)18/h1-7,9,13,16H,8H2. The van der Waals surface area contributed by atoms with Crippen LogP contribution in [0.15, 0.2) is 48.7 Å². The van der Waals surface area contributed by atoms with Crippen molar-refractivity contribution in [2.75, 3.05) is 0 Å². The van der Waals surface area contributed by atoms with Gasteiger partial charge in [0.1, 0.15) is 6.20 Å². The molecule has 0 radical (unpaired) electrons. The van der Waals surface area contributed by atoms with Gasteiger partial charge in [0, 0.05) is 18.2 Å². The Morgan fingerprint density at radius 1 is 1.22 bits per heavy atom. The molecule has 1 aromatic heterocycles. The molecule has 1 heterocycles. The summed E-state index contributed by atoms with van der Waals surface area (Å²) in [5.74, 6) is 0. The van der Waals surface area contributed by atoms with Crippen LogP contribution in [0.1, 0.15) is 17.4 Å². The van der Waals surface area contributed by atoms with Gasteiger partial charge in [0.2, 0.25) is 0 Å². The summed E-state index contributed by atoms with van der Waals surface area (Å²) in [5.41, 5.74) is 1.38. The predicted octanol–water partition coefficient (Wildman–Crippen LogP) is 2.27. The highest BCUT2D eigenvalue weighted by molar-refractivity contribution is 5.27. The minimum absolute atomic E-state index is 0.0482. The quantitative estimate of drug-likeness (QED) is 0.661. The number of aliphatic hydroxyl groups is 1. The first kappa shape index (κ1) is 12.2. The molecule has 1 atom stereocenters. The number of aromatic nitrogens is 1. The van der Waals surface area contributed by atoms with E-state index in [-0.39, 0.29) is 5.69 Å². The first-order valence-electron chi connectivity index (χ1n) is 5.49. The second-order valence-corrected chi connectivity index (χ2v) is 3.90. The number of hydrogen-bond donors (Lipinski definition) is 1. The van der Waals surface area contributed by atoms with E-state index in [1.807, 2.05) is 30.3 Å². The van der Waals surface area contributed by atoms with E-state index < -0.39 is 11.0 Å². The molecule has 0 aliphatic heterocycles. The number of hydrogen-bond acceptors (Lipinski definition) is 4. The minimum Gasteiger partial charge on any atom is -0.388 e. The Balaban J connectivity index is 2.08. The molecule has 0 bridgehead atoms. The SMILES string of the molecule is O=[N+]([O-])c1ccc(CC(O)c2ccccc2)nc1. The molecule has 2 aromatic rings. The van der Waals surface area contributed by atoms with Crippen LogP contribution in [0.5, 0.6) is 0 Å². The molecule has 1 unspecified atom stereocenters. The zero-order valence-electron chi connectivity index (χ0n) is 9.56. The second kappa shape index (κ2) is 5.37. The monoisotopic (exact) mass is 244 g/mol. The van der Waals surface area contributed by atoms with Crippen molar-refractivity contribution in [1.29, 1.82) is 0 Å². The lowest BCUT2D eigenvalue weighted by atomic mass is 10.0. The molecule has 5 heteroatoms. The van der Waals surface area contributed by atoms with Crippen LogP contribution in [-0.2, 0) is 6.42 Å². The van der Waals surface area contributed by atoms with Gasteiger partial charge >= 0.3 is 0 Å². The zero-order chi connectivity index (χ0) is 13.0. The third-order valence-electron chi connectivity index (χ3n) is 2.61. The molecule has 18 heavy (non-hydrogen) atoms. The molecular formula is C13H12N2O3. The number of benzene rings is 1. The smallest absolute Gasteiger partial charge is 0.287 e. The molecule has 0 spiro atoms. The van der Waals surface area contributed by atoms with Gasteiger partial charge in [-0.1, -0.05) is 30.3 Å². The van der Waals surface area contributed by atoms with Crippen LogP contribution >= 0.6 is 0 Å². The molecule has 0 aliphatic rings. The van der Waals surface area contributed by atoms with Crippen LogP contribution in [0.2, 0.25) is 0 Å². The molecule has 0 amide bonds. The average molecular weight is 244 g/mol. The summed E-state index contributed by atoms with van der Waals surface area (Å²) in [7, 11) is 0. The van der Waals surface area contributed by atoms with Crippen LogP contribution in [0.4, 0.5) is 5.69 Å². The number of nitro groups is 1. The van der Waals surface area contributed by atoms with Crippen LogP contribution in [0.3, 0.4) is 0 Å². The van der Waals surface area contributed by atoms with E-state index in [4.69, 9.17) is 0 Å². The van der Waals surface area contributed by atoms with E-state index in [0.717, 1.165) is 5.56 Å². The number of rotatable bonds is 4. The van der Waals surface area contributed by atoms with Crippen LogP contribution in [0.25, 0.3) is 0 Å². The molecule has 0 saturated carbocycles. The van der Waals surface area contributed by atoms with Crippen molar-refractivity contribution in [2.45, 2.75) is 12.5 Å². The summed E-state index contributed by atoms with van der Waals surface area (Å²) in [6.45, 7) is 0. The van der Waals surface area contributed by atoms with E-state index in [2.05, 4.69) is 4.98 Å². The normalized spacial score (nSPS) is 12.1. The van der Waals surface area contributed by atoms with Crippen molar-refractivity contribution < 1.29 is 10.0 Å². The molecule has 92 valence electrons. The van der Waals surface area contributed by atoms with Gasteiger partial charge < -0.3 is 5.11 Å². The fraction of sp³-hybridized carbons (Fsp3) is 0.154. The van der Waals surface area contributed by atoms with E-state index in [0.29, 0.717) is 12.1 Å². The van der Waals surface area contributed by atoms with Gasteiger partial charge in [-0.2, -0.15) is 0 Å². The Labute approximate surface area is 104 Å². The molecule has 0 aliphatic carbocycles. The van der Waals surface area contributed by atoms with Crippen molar-refractivity contribution >= 4 is 5.69 Å². The summed E-state index contributed by atoms with van der Waals surface area (Å²) < 4.78 is 0. The lowest BCUT2D eigenvalue weighted by Crippen LogP contribution is -2.03. The van der Waals surface area contributed by atoms with Gasteiger partial charge in [-0.05, 0) is 11.6 Å². The fourth-order valence-corrected chi connectivity index (χ4v) is 1.64. The maximum absolute atomic E-state index is 10.5. The number of pyridine rings is 1. The molecule has 5 nitrogen and oxygen atoms in total. The first-order chi connectivity index (χ1) is 8.66. The van der Waals surface area contributed by atoms with Crippen LogP contribution in [0, 0.1) is 10.1 Å². The van der Waals surface area contributed by atoms with Gasteiger partial charge in [0.25, 0.3) is 5.69 Å². The van der Waals surface area contributed by atoms with Crippen LogP contribution in [-0.4, -0.2) is 15.0 Å². The minimum atomic E-state index is -0.653. The molecular weight excluding hydrogens is 232 g/mol. The van der Waals surface area contributed by atoms with E-state index >= 15 is 0 Å². The summed E-state index contributed by atoms with van der Waals surface area (Å²) in [6.07, 6.45) is 0.884. The van der Waals surface area contributed by atoms with E-state index in [1.165, 1.54) is 12.3 Å². The Morgan fingerprint density at radius 3 is 2.50 bits per heavy atom. The Bertz CT molecular complexity index is 526. The zero-order valence-corrected chi connectivity index (χ0v) is 9.56. The molecule has 0 saturated heterocycles. The number of aliphatic hydroxyl groups excluding tert-OH is 1. The van der Waals surface area contributed by atoms with Gasteiger partial charge in [-0.3, -0.25) is 15.1 Å². The van der Waals surface area contributed by atoms with Crippen molar-refractivity contribution in [1.82, 2.24) is 4.98 Å². The van der Waals surface area contributed by atoms with Crippen molar-refractivity contribution in [3.05, 3.63) is 70.0 Å². The summed E-state index contributed by atoms with van der Waals surface area (Å²) >= 11 is 0. The summed E-state index contributed by atoms with van der Waals surface area (Å²) in [5, 5.41) is 20.5. The maximum Gasteiger partial charge on any atom is 0.287 e. The highest BCUT2D eigenvalue weighted by Crippen LogP contribution is 2.18. The van der Waals surface area contributed by atoms with Gasteiger partial charge in [-0.25, -0.2) is 0 Å². The maximum atomic E-state index is 10.5. The Hall–Kier alpha value is -2.27. The third-order valence-corrected chi connectivity index (χ3v) is 2.61. The largest absolute Gasteiger partial charge is 0.388 e. The number of nitrogens with zero attached hydrogens (tertiary/aromatic N) is 2. The van der Waals surface area contributed by atoms with Crippen molar-refractivity contribution in [2.24, 2.45) is 0 Å². The van der Waals surface area contributed by atoms with Gasteiger partial charge in [0.15, 0.2) is 0 Å². The average Bonchev–Trinajstić information content (AvgIpc) is 2.40. The lowest BCUT2D eigenvalue weighted by Gasteiger charge is -2.09. The van der Waals surface area contributed by atoms with Crippen molar-refractivity contribution in [3.63, 3.8) is 0 Å². The predicted molar refractivity (Wildman–Crippen MR) is 66.0 cm³/mol. The fourth-order valence-electron chi connectivity index (χ4n) is 1.64. The first-order valence-corrected chi connectivity index (χ1v) is 5.49. The third kappa shape index (κ3) is 2.89. The summed E-state index contributed by atoms with van der Waals surface area (Å²) in [6, 6.07) is 12.2. The molecule has 0 fully saturated rings. The molecule has 1 N–H and O–H groups in total. The Morgan fingerprint density at radius 2 is 1.94 bits per heavy atom. The molecule has 1 aromatic carbocycles. The van der Waals surface area contributed by atoms with Gasteiger partial charge in [-0.15, -0.1) is 0 Å². The highest BCUT2D eigenvalue weighted by atomic mass is 16.6. The topological polar surface area (TPSA) is 76.3 Å². The van der Waals surface area contributed by atoms with E-state index in [1.54, 1.807) is 6.07 Å². The Kier molecular flexibility index (Phi) is 3.64. The molecule has 2 rings (SSSR count). The lowest BCUT2D eigenvalue weighted by molar-refractivity contribution is -0.385. The van der Waals surface area contributed by atoms with Crippen molar-refractivity contribution in [3.8, 4) is 0 Å². The van der Waals surface area contributed by atoms with Gasteiger partial charge in [0.05, 0.1) is 11.0 Å². The highest BCUT2D eigenvalue weighted by Gasteiger charge is 2.10. The second-order valence-electron chi connectivity index (χ2n) is 3.90. The summed E-state index contributed by atoms with van der Waals surface area (Å²) in [4.78, 5) is 13.9.